The summed E-state index contributed by atoms with van der Waals surface area (Å²) >= 11 is 0. The molecule has 7 heteroatoms. The summed E-state index contributed by atoms with van der Waals surface area (Å²) in [5.41, 5.74) is 2.34. The fourth-order valence-corrected chi connectivity index (χ4v) is 3.70. The summed E-state index contributed by atoms with van der Waals surface area (Å²) in [6.45, 7) is 0.734. The van der Waals surface area contributed by atoms with E-state index in [4.69, 9.17) is 0 Å². The lowest BCUT2D eigenvalue weighted by Gasteiger charge is -2.27. The fourth-order valence-electron chi connectivity index (χ4n) is 3.70. The fraction of sp³-hybridized carbons (Fsp3) is 0.300. The molecule has 0 aliphatic carbocycles. The Morgan fingerprint density at radius 1 is 1.22 bits per heavy atom. The topological polar surface area (TPSA) is 40.9 Å². The number of fused-ring (bicyclic) bond motifs is 1. The van der Waals surface area contributed by atoms with E-state index in [-0.39, 0.29) is 11.9 Å². The van der Waals surface area contributed by atoms with Gasteiger partial charge >= 0.3 is 0 Å². The van der Waals surface area contributed by atoms with E-state index in [2.05, 4.69) is 9.88 Å². The zero-order valence-corrected chi connectivity index (χ0v) is 15.2. The maximum Gasteiger partial charge on any atom is 0.271 e. The lowest BCUT2D eigenvalue weighted by molar-refractivity contribution is 0.0821. The van der Waals surface area contributed by atoms with Crippen LogP contribution in [0.25, 0.3) is 5.65 Å². The van der Waals surface area contributed by atoms with Crippen LogP contribution in [-0.2, 0) is 0 Å². The highest BCUT2D eigenvalue weighted by molar-refractivity contribution is 5.93. The molecule has 0 radical (unpaired) electrons. The number of halogens is 2. The van der Waals surface area contributed by atoms with Gasteiger partial charge in [-0.3, -0.25) is 9.20 Å². The van der Waals surface area contributed by atoms with Crippen molar-refractivity contribution in [2.24, 2.45) is 0 Å². The first kappa shape index (κ1) is 17.5. The van der Waals surface area contributed by atoms with Gasteiger partial charge in [0, 0.05) is 32.4 Å². The standard InChI is InChI=1S/C20H20F2N4O/c1-24(2)20(27)18-11-23-19-8-6-14(12-26(18)19)25-9-3-4-17(25)15-10-13(21)5-7-16(15)22/h5-8,10-12,17H,3-4,9H2,1-2H3. The SMILES string of the molecule is CN(C)C(=O)c1cnc2ccc(N3CCCC3c3cc(F)ccc3F)cn12. The van der Waals surface area contributed by atoms with Gasteiger partial charge in [0.2, 0.25) is 0 Å². The van der Waals surface area contributed by atoms with Crippen molar-refractivity contribution in [3.05, 3.63) is 65.6 Å². The van der Waals surface area contributed by atoms with Gasteiger partial charge in [-0.15, -0.1) is 0 Å². The summed E-state index contributed by atoms with van der Waals surface area (Å²) in [6, 6.07) is 7.08. The second-order valence-corrected chi connectivity index (χ2v) is 6.98. The first-order valence-electron chi connectivity index (χ1n) is 8.86. The zero-order chi connectivity index (χ0) is 19.1. The predicted octanol–water partition coefficient (Wildman–Crippen LogP) is 3.66. The molecule has 5 nitrogen and oxygen atoms in total. The smallest absolute Gasteiger partial charge is 0.271 e. The van der Waals surface area contributed by atoms with E-state index in [9.17, 15) is 13.6 Å². The molecule has 1 aliphatic heterocycles. The lowest BCUT2D eigenvalue weighted by Crippen LogP contribution is -2.25. The molecule has 2 aromatic heterocycles. The van der Waals surface area contributed by atoms with Gasteiger partial charge in [-0.1, -0.05) is 0 Å². The number of pyridine rings is 1. The van der Waals surface area contributed by atoms with Crippen LogP contribution in [0.2, 0.25) is 0 Å². The van der Waals surface area contributed by atoms with Gasteiger partial charge in [-0.2, -0.15) is 0 Å². The third-order valence-electron chi connectivity index (χ3n) is 5.02. The van der Waals surface area contributed by atoms with Gasteiger partial charge in [-0.05, 0) is 43.2 Å². The van der Waals surface area contributed by atoms with Crippen molar-refractivity contribution in [3.63, 3.8) is 0 Å². The molecule has 0 bridgehead atoms. The molecule has 1 saturated heterocycles. The molecular weight excluding hydrogens is 350 g/mol. The Labute approximate surface area is 155 Å². The van der Waals surface area contributed by atoms with Gasteiger partial charge in [0.05, 0.1) is 17.9 Å². The Balaban J connectivity index is 1.75. The van der Waals surface area contributed by atoms with E-state index in [1.165, 1.54) is 17.0 Å². The molecule has 0 spiro atoms. The molecule has 27 heavy (non-hydrogen) atoms. The van der Waals surface area contributed by atoms with Crippen molar-refractivity contribution in [1.29, 1.82) is 0 Å². The molecule has 3 aromatic rings. The van der Waals surface area contributed by atoms with E-state index in [1.54, 1.807) is 24.7 Å². The minimum atomic E-state index is -0.442. The zero-order valence-electron chi connectivity index (χ0n) is 15.2. The second-order valence-electron chi connectivity index (χ2n) is 6.98. The first-order chi connectivity index (χ1) is 13.0. The summed E-state index contributed by atoms with van der Waals surface area (Å²) in [5.74, 6) is -0.989. The van der Waals surface area contributed by atoms with Gasteiger partial charge in [0.25, 0.3) is 5.91 Å². The molecule has 0 saturated carbocycles. The molecule has 0 N–H and O–H groups in total. The minimum absolute atomic E-state index is 0.145. The Morgan fingerprint density at radius 2 is 2.04 bits per heavy atom. The van der Waals surface area contributed by atoms with E-state index < -0.39 is 11.6 Å². The quantitative estimate of drug-likeness (QED) is 0.707. The van der Waals surface area contributed by atoms with Crippen LogP contribution in [0.1, 0.15) is 34.9 Å². The van der Waals surface area contributed by atoms with E-state index in [0.717, 1.165) is 31.1 Å². The third-order valence-corrected chi connectivity index (χ3v) is 5.02. The van der Waals surface area contributed by atoms with E-state index in [1.807, 2.05) is 18.3 Å². The highest BCUT2D eigenvalue weighted by Gasteiger charge is 2.29. The van der Waals surface area contributed by atoms with Gasteiger partial charge < -0.3 is 9.80 Å². The van der Waals surface area contributed by atoms with Gasteiger partial charge in [-0.25, -0.2) is 13.8 Å². The number of hydrogen-bond acceptors (Lipinski definition) is 3. The largest absolute Gasteiger partial charge is 0.363 e. The van der Waals surface area contributed by atoms with Crippen LogP contribution in [0.5, 0.6) is 0 Å². The lowest BCUT2D eigenvalue weighted by atomic mass is 10.0. The maximum atomic E-state index is 14.3. The molecule has 4 rings (SSSR count). The average Bonchev–Trinajstić information content (AvgIpc) is 3.29. The van der Waals surface area contributed by atoms with Gasteiger partial charge in [0.15, 0.2) is 0 Å². The van der Waals surface area contributed by atoms with E-state index >= 15 is 0 Å². The Morgan fingerprint density at radius 3 is 2.81 bits per heavy atom. The summed E-state index contributed by atoms with van der Waals surface area (Å²) < 4.78 is 29.7. The Hall–Kier alpha value is -2.96. The number of rotatable bonds is 3. The summed E-state index contributed by atoms with van der Waals surface area (Å²) in [5, 5.41) is 0. The van der Waals surface area contributed by atoms with Crippen LogP contribution >= 0.6 is 0 Å². The normalized spacial score (nSPS) is 16.9. The number of carbonyl (C=O) groups is 1. The van der Waals surface area contributed by atoms with Crippen molar-refractivity contribution in [1.82, 2.24) is 14.3 Å². The third kappa shape index (κ3) is 3.03. The van der Waals surface area contributed by atoms with Crippen LogP contribution in [0.15, 0.2) is 42.7 Å². The molecule has 140 valence electrons. The number of hydrogen-bond donors (Lipinski definition) is 0. The van der Waals surface area contributed by atoms with Crippen molar-refractivity contribution < 1.29 is 13.6 Å². The van der Waals surface area contributed by atoms with Crippen molar-refractivity contribution in [2.45, 2.75) is 18.9 Å². The molecular formula is C20H20F2N4O. The molecule has 1 fully saturated rings. The van der Waals surface area contributed by atoms with Crippen LogP contribution < -0.4 is 4.90 Å². The number of carbonyl (C=O) groups excluding carboxylic acids is 1. The second kappa shape index (κ2) is 6.64. The number of anilines is 1. The molecule has 1 unspecified atom stereocenters. The highest BCUT2D eigenvalue weighted by atomic mass is 19.1. The molecule has 1 aromatic carbocycles. The van der Waals surface area contributed by atoms with Crippen LogP contribution in [0, 0.1) is 11.6 Å². The summed E-state index contributed by atoms with van der Waals surface area (Å²) in [7, 11) is 3.38. The highest BCUT2D eigenvalue weighted by Crippen LogP contribution is 2.37. The van der Waals surface area contributed by atoms with Crippen molar-refractivity contribution >= 4 is 17.2 Å². The molecule has 1 amide bonds. The van der Waals surface area contributed by atoms with Crippen molar-refractivity contribution in [2.75, 3.05) is 25.5 Å². The number of imidazole rings is 1. The average molecular weight is 370 g/mol. The van der Waals surface area contributed by atoms with Crippen LogP contribution in [-0.4, -0.2) is 40.8 Å². The molecule has 1 atom stereocenters. The number of nitrogens with zero attached hydrogens (tertiary/aromatic N) is 4. The Bertz CT molecular complexity index is 1010. The number of benzene rings is 1. The Kier molecular flexibility index (Phi) is 4.30. The first-order valence-corrected chi connectivity index (χ1v) is 8.86. The van der Waals surface area contributed by atoms with Crippen LogP contribution in [0.4, 0.5) is 14.5 Å². The number of aromatic nitrogens is 2. The molecule has 3 heterocycles. The van der Waals surface area contributed by atoms with Crippen LogP contribution in [0.3, 0.4) is 0 Å². The van der Waals surface area contributed by atoms with Crippen molar-refractivity contribution in [3.8, 4) is 0 Å². The monoisotopic (exact) mass is 370 g/mol. The minimum Gasteiger partial charge on any atom is -0.363 e. The van der Waals surface area contributed by atoms with Gasteiger partial charge in [0.1, 0.15) is 23.0 Å². The predicted molar refractivity (Wildman–Crippen MR) is 98.9 cm³/mol. The molecule has 1 aliphatic rings. The number of amides is 1. The van der Waals surface area contributed by atoms with E-state index in [0.29, 0.717) is 16.9 Å². The summed E-state index contributed by atoms with van der Waals surface area (Å²) in [6.07, 6.45) is 5.02. The summed E-state index contributed by atoms with van der Waals surface area (Å²) in [4.78, 5) is 20.2. The maximum absolute atomic E-state index is 14.3.